The Labute approximate surface area is 125 Å². The Hall–Kier alpha value is -2.17. The van der Waals surface area contributed by atoms with Crippen LogP contribution in [0.2, 0.25) is 0 Å². The highest BCUT2D eigenvalue weighted by Crippen LogP contribution is 2.32. The van der Waals surface area contributed by atoms with Crippen molar-refractivity contribution < 1.29 is 9.47 Å². The largest absolute Gasteiger partial charge is 0.490 e. The highest BCUT2D eigenvalue weighted by Gasteiger charge is 2.10. The van der Waals surface area contributed by atoms with Gasteiger partial charge in [0.2, 0.25) is 0 Å². The van der Waals surface area contributed by atoms with Crippen molar-refractivity contribution in [3.05, 3.63) is 36.2 Å². The van der Waals surface area contributed by atoms with Crippen molar-refractivity contribution in [1.29, 1.82) is 0 Å². The molecule has 0 aliphatic heterocycles. The van der Waals surface area contributed by atoms with Gasteiger partial charge in [0.1, 0.15) is 0 Å². The Bertz CT molecular complexity index is 581. The predicted molar refractivity (Wildman–Crippen MR) is 84.0 cm³/mol. The van der Waals surface area contributed by atoms with Crippen LogP contribution < -0.4 is 14.8 Å². The molecule has 1 N–H and O–H groups in total. The van der Waals surface area contributed by atoms with Crippen LogP contribution in [0.1, 0.15) is 32.4 Å². The molecule has 2 aromatic rings. The van der Waals surface area contributed by atoms with E-state index in [0.717, 1.165) is 22.7 Å². The first-order valence-corrected chi connectivity index (χ1v) is 7.28. The van der Waals surface area contributed by atoms with Crippen LogP contribution in [0.4, 0.5) is 5.69 Å². The Morgan fingerprint density at radius 3 is 2.52 bits per heavy atom. The molecule has 0 amide bonds. The summed E-state index contributed by atoms with van der Waals surface area (Å²) in [7, 11) is 1.92. The van der Waals surface area contributed by atoms with Gasteiger partial charge in [0.25, 0.3) is 0 Å². The number of aromatic nitrogens is 2. The zero-order chi connectivity index (χ0) is 15.2. The molecule has 0 saturated carbocycles. The Morgan fingerprint density at radius 2 is 1.90 bits per heavy atom. The average molecular weight is 289 g/mol. The maximum Gasteiger partial charge on any atom is 0.163 e. The third-order valence-corrected chi connectivity index (χ3v) is 3.15. The molecule has 0 aliphatic rings. The molecule has 0 saturated heterocycles. The average Bonchev–Trinajstić information content (AvgIpc) is 2.89. The van der Waals surface area contributed by atoms with Crippen LogP contribution in [0.3, 0.4) is 0 Å². The fourth-order valence-corrected chi connectivity index (χ4v) is 2.14. The van der Waals surface area contributed by atoms with E-state index in [1.807, 2.05) is 51.5 Å². The van der Waals surface area contributed by atoms with Gasteiger partial charge in [-0.25, -0.2) is 0 Å². The molecule has 21 heavy (non-hydrogen) atoms. The maximum absolute atomic E-state index is 5.64. The number of benzene rings is 1. The number of aryl methyl sites for hydroxylation is 1. The normalized spacial score (nSPS) is 12.0. The predicted octanol–water partition coefficient (Wildman–Crippen LogP) is 3.39. The second-order valence-electron chi connectivity index (χ2n) is 4.84. The van der Waals surface area contributed by atoms with Crippen molar-refractivity contribution in [3.63, 3.8) is 0 Å². The van der Waals surface area contributed by atoms with Gasteiger partial charge in [0, 0.05) is 30.6 Å². The highest BCUT2D eigenvalue weighted by atomic mass is 16.5. The molecule has 5 nitrogen and oxygen atoms in total. The fraction of sp³-hybridized carbons (Fsp3) is 0.438. The molecule has 1 aromatic heterocycles. The SMILES string of the molecule is CCOc1ccc(NC(C)c2cnn(C)c2)cc1OCC. The summed E-state index contributed by atoms with van der Waals surface area (Å²) in [5.74, 6) is 1.54. The van der Waals surface area contributed by atoms with E-state index in [4.69, 9.17) is 9.47 Å². The molecule has 1 aromatic carbocycles. The smallest absolute Gasteiger partial charge is 0.163 e. The second-order valence-corrected chi connectivity index (χ2v) is 4.84. The summed E-state index contributed by atoms with van der Waals surface area (Å²) in [6.07, 6.45) is 3.88. The molecule has 0 spiro atoms. The summed E-state index contributed by atoms with van der Waals surface area (Å²) < 4.78 is 13.0. The summed E-state index contributed by atoms with van der Waals surface area (Å²) in [4.78, 5) is 0. The van der Waals surface area contributed by atoms with Gasteiger partial charge in [-0.1, -0.05) is 0 Å². The van der Waals surface area contributed by atoms with Crippen molar-refractivity contribution >= 4 is 5.69 Å². The third-order valence-electron chi connectivity index (χ3n) is 3.15. The van der Waals surface area contributed by atoms with Crippen LogP contribution >= 0.6 is 0 Å². The number of nitrogens with one attached hydrogen (secondary N) is 1. The standard InChI is InChI=1S/C16H23N3O2/c1-5-20-15-8-7-14(9-16(15)21-6-2)18-12(3)13-10-17-19(4)11-13/h7-12,18H,5-6H2,1-4H3. The maximum atomic E-state index is 5.64. The number of hydrogen-bond donors (Lipinski definition) is 1. The monoisotopic (exact) mass is 289 g/mol. The zero-order valence-electron chi connectivity index (χ0n) is 13.1. The Morgan fingerprint density at radius 1 is 1.19 bits per heavy atom. The first-order chi connectivity index (χ1) is 10.1. The summed E-state index contributed by atoms with van der Waals surface area (Å²) in [6, 6.07) is 6.08. The molecule has 0 radical (unpaired) electrons. The molecular weight excluding hydrogens is 266 g/mol. The van der Waals surface area contributed by atoms with E-state index in [-0.39, 0.29) is 6.04 Å². The summed E-state index contributed by atoms with van der Waals surface area (Å²) >= 11 is 0. The quantitative estimate of drug-likeness (QED) is 0.848. The number of ether oxygens (including phenoxy) is 2. The van der Waals surface area contributed by atoms with E-state index in [1.165, 1.54) is 0 Å². The minimum atomic E-state index is 0.172. The summed E-state index contributed by atoms with van der Waals surface area (Å²) in [5.41, 5.74) is 2.14. The van der Waals surface area contributed by atoms with Crippen molar-refractivity contribution in [2.24, 2.45) is 7.05 Å². The van der Waals surface area contributed by atoms with Gasteiger partial charge in [0.15, 0.2) is 11.5 Å². The lowest BCUT2D eigenvalue weighted by atomic mass is 10.1. The lowest BCUT2D eigenvalue weighted by Crippen LogP contribution is -2.06. The number of rotatable bonds is 7. The molecule has 0 bridgehead atoms. The summed E-state index contributed by atoms with van der Waals surface area (Å²) in [6.45, 7) is 7.27. The lowest BCUT2D eigenvalue weighted by molar-refractivity contribution is 0.288. The van der Waals surface area contributed by atoms with Gasteiger partial charge < -0.3 is 14.8 Å². The van der Waals surface area contributed by atoms with Gasteiger partial charge in [0.05, 0.1) is 25.5 Å². The van der Waals surface area contributed by atoms with Crippen LogP contribution in [0.15, 0.2) is 30.6 Å². The molecule has 2 rings (SSSR count). The number of hydrogen-bond acceptors (Lipinski definition) is 4. The van der Waals surface area contributed by atoms with Gasteiger partial charge in [-0.15, -0.1) is 0 Å². The first-order valence-electron chi connectivity index (χ1n) is 7.28. The van der Waals surface area contributed by atoms with E-state index in [2.05, 4.69) is 17.3 Å². The zero-order valence-corrected chi connectivity index (χ0v) is 13.1. The number of anilines is 1. The molecule has 114 valence electrons. The highest BCUT2D eigenvalue weighted by molar-refractivity contribution is 5.55. The second kappa shape index (κ2) is 7.02. The van der Waals surface area contributed by atoms with E-state index in [1.54, 1.807) is 4.68 Å². The van der Waals surface area contributed by atoms with Gasteiger partial charge in [-0.05, 0) is 32.9 Å². The van der Waals surface area contributed by atoms with E-state index in [9.17, 15) is 0 Å². The van der Waals surface area contributed by atoms with E-state index >= 15 is 0 Å². The molecule has 5 heteroatoms. The van der Waals surface area contributed by atoms with Crippen LogP contribution in [0.25, 0.3) is 0 Å². The van der Waals surface area contributed by atoms with Gasteiger partial charge in [-0.2, -0.15) is 5.10 Å². The van der Waals surface area contributed by atoms with Gasteiger partial charge in [-0.3, -0.25) is 4.68 Å². The van der Waals surface area contributed by atoms with E-state index in [0.29, 0.717) is 13.2 Å². The van der Waals surface area contributed by atoms with Crippen LogP contribution in [-0.4, -0.2) is 23.0 Å². The van der Waals surface area contributed by atoms with Crippen LogP contribution in [0.5, 0.6) is 11.5 Å². The van der Waals surface area contributed by atoms with Crippen molar-refractivity contribution in [1.82, 2.24) is 9.78 Å². The minimum absolute atomic E-state index is 0.172. The molecule has 0 aliphatic carbocycles. The van der Waals surface area contributed by atoms with Gasteiger partial charge >= 0.3 is 0 Å². The molecule has 1 unspecified atom stereocenters. The minimum Gasteiger partial charge on any atom is -0.490 e. The first kappa shape index (κ1) is 15.2. The van der Waals surface area contributed by atoms with Crippen molar-refractivity contribution in [3.8, 4) is 11.5 Å². The van der Waals surface area contributed by atoms with Crippen LogP contribution in [-0.2, 0) is 7.05 Å². The fourth-order valence-electron chi connectivity index (χ4n) is 2.14. The van der Waals surface area contributed by atoms with Crippen molar-refractivity contribution in [2.45, 2.75) is 26.8 Å². The van der Waals surface area contributed by atoms with E-state index < -0.39 is 0 Å². The lowest BCUT2D eigenvalue weighted by Gasteiger charge is -2.16. The van der Waals surface area contributed by atoms with Crippen molar-refractivity contribution in [2.75, 3.05) is 18.5 Å². The number of nitrogens with zero attached hydrogens (tertiary/aromatic N) is 2. The third kappa shape index (κ3) is 3.90. The molecular formula is C16H23N3O2. The topological polar surface area (TPSA) is 48.3 Å². The molecule has 1 heterocycles. The van der Waals surface area contributed by atoms with Crippen LogP contribution in [0, 0.1) is 0 Å². The summed E-state index contributed by atoms with van der Waals surface area (Å²) in [5, 5.41) is 7.65. The Balaban J connectivity index is 2.14. The molecule has 0 fully saturated rings. The molecule has 1 atom stereocenters. The Kier molecular flexibility index (Phi) is 5.09.